The molecule has 2 rings (SSSR count). The van der Waals surface area contributed by atoms with Crippen molar-refractivity contribution in [2.24, 2.45) is 5.41 Å². The topological polar surface area (TPSA) is 35.8 Å². The lowest BCUT2D eigenvalue weighted by Crippen LogP contribution is -2.39. The van der Waals surface area contributed by atoms with Gasteiger partial charge in [0.2, 0.25) is 0 Å². The Bertz CT molecular complexity index is 463. The first-order valence-corrected chi connectivity index (χ1v) is 7.00. The molecule has 1 saturated carbocycles. The number of hydrogen-bond donors (Lipinski definition) is 1. The first-order valence-electron chi connectivity index (χ1n) is 6.21. The lowest BCUT2D eigenvalue weighted by Gasteiger charge is -2.35. The summed E-state index contributed by atoms with van der Waals surface area (Å²) in [5, 5.41) is 12.3. The molecule has 1 N–H and O–H groups in total. The van der Waals surface area contributed by atoms with E-state index in [1.807, 2.05) is 0 Å². The highest BCUT2D eigenvalue weighted by Crippen LogP contribution is 2.39. The molecule has 2 nitrogen and oxygen atoms in total. The zero-order valence-corrected chi connectivity index (χ0v) is 11.8. The Morgan fingerprint density at radius 3 is 2.83 bits per heavy atom. The lowest BCUT2D eigenvalue weighted by atomic mass is 9.70. The van der Waals surface area contributed by atoms with Crippen molar-refractivity contribution in [2.45, 2.75) is 25.7 Å². The summed E-state index contributed by atoms with van der Waals surface area (Å²) in [4.78, 5) is 0. The summed E-state index contributed by atoms with van der Waals surface area (Å²) in [5.74, 6) is -0.168. The highest BCUT2D eigenvalue weighted by molar-refractivity contribution is 9.10. The molecule has 0 unspecified atom stereocenters. The van der Waals surface area contributed by atoms with Gasteiger partial charge in [-0.05, 0) is 49.6 Å². The van der Waals surface area contributed by atoms with Gasteiger partial charge in [-0.25, -0.2) is 4.39 Å². The fourth-order valence-corrected chi connectivity index (χ4v) is 2.63. The van der Waals surface area contributed by atoms with E-state index in [4.69, 9.17) is 5.26 Å². The molecule has 1 aliphatic carbocycles. The van der Waals surface area contributed by atoms with E-state index < -0.39 is 0 Å². The molecule has 0 atom stereocenters. The molecular formula is C14H16BrFN2. The Morgan fingerprint density at radius 2 is 2.22 bits per heavy atom. The minimum Gasteiger partial charge on any atom is -0.315 e. The molecule has 0 bridgehead atoms. The first kappa shape index (κ1) is 13.5. The molecule has 0 aromatic heterocycles. The molecule has 0 radical (unpaired) electrons. The van der Waals surface area contributed by atoms with Crippen LogP contribution in [-0.2, 0) is 6.42 Å². The molecule has 0 spiro atoms. The predicted molar refractivity (Wildman–Crippen MR) is 72.6 cm³/mol. The van der Waals surface area contributed by atoms with Crippen molar-refractivity contribution >= 4 is 15.9 Å². The molecular weight excluding hydrogens is 295 g/mol. The lowest BCUT2D eigenvalue weighted by molar-refractivity contribution is 0.208. The van der Waals surface area contributed by atoms with Gasteiger partial charge < -0.3 is 5.32 Å². The molecule has 1 aromatic carbocycles. The van der Waals surface area contributed by atoms with Crippen molar-refractivity contribution in [3.05, 3.63) is 34.1 Å². The molecule has 0 amide bonds. The van der Waals surface area contributed by atoms with Crippen molar-refractivity contribution in [3.8, 4) is 6.07 Å². The summed E-state index contributed by atoms with van der Waals surface area (Å²) in [6, 6.07) is 7.37. The number of rotatable bonds is 5. The Kier molecular flexibility index (Phi) is 4.36. The van der Waals surface area contributed by atoms with Crippen molar-refractivity contribution in [3.63, 3.8) is 0 Å². The maximum absolute atomic E-state index is 13.5. The molecule has 1 aliphatic rings. The van der Waals surface area contributed by atoms with E-state index in [9.17, 15) is 4.39 Å². The zero-order chi connectivity index (χ0) is 13.0. The highest BCUT2D eigenvalue weighted by atomic mass is 79.9. The summed E-state index contributed by atoms with van der Waals surface area (Å²) in [6.07, 6.45) is 3.77. The summed E-state index contributed by atoms with van der Waals surface area (Å²) in [7, 11) is 0. The van der Waals surface area contributed by atoms with E-state index in [1.54, 1.807) is 12.1 Å². The van der Waals surface area contributed by atoms with Crippen LogP contribution in [0.2, 0.25) is 0 Å². The standard InChI is InChI=1S/C14H16BrFN2/c15-12-2-3-13(16)11(8-12)4-7-18-10-14(9-17)5-1-6-14/h2-3,8,18H,1,4-7,10H2. The van der Waals surface area contributed by atoms with E-state index in [0.717, 1.165) is 30.3 Å². The van der Waals surface area contributed by atoms with Crippen LogP contribution in [0.5, 0.6) is 0 Å². The molecule has 4 heteroatoms. The number of nitrogens with one attached hydrogen (secondary N) is 1. The van der Waals surface area contributed by atoms with E-state index in [-0.39, 0.29) is 11.2 Å². The molecule has 1 fully saturated rings. The summed E-state index contributed by atoms with van der Waals surface area (Å²) < 4.78 is 14.4. The first-order chi connectivity index (χ1) is 8.65. The maximum Gasteiger partial charge on any atom is 0.126 e. The SMILES string of the molecule is N#CC1(CNCCc2cc(Br)ccc2F)CCC1. The third-order valence-electron chi connectivity index (χ3n) is 3.59. The number of halogens is 2. The van der Waals surface area contributed by atoms with Crippen LogP contribution in [0.3, 0.4) is 0 Å². The normalized spacial score (nSPS) is 16.9. The van der Waals surface area contributed by atoms with Gasteiger partial charge in [-0.15, -0.1) is 0 Å². The number of nitriles is 1. The zero-order valence-electron chi connectivity index (χ0n) is 10.2. The number of nitrogens with zero attached hydrogens (tertiary/aromatic N) is 1. The van der Waals surface area contributed by atoms with Gasteiger partial charge in [0.1, 0.15) is 5.82 Å². The highest BCUT2D eigenvalue weighted by Gasteiger charge is 2.36. The van der Waals surface area contributed by atoms with E-state index in [0.29, 0.717) is 18.5 Å². The van der Waals surface area contributed by atoms with Crippen molar-refractivity contribution in [1.29, 1.82) is 5.26 Å². The Balaban J connectivity index is 1.79. The molecule has 0 saturated heterocycles. The Morgan fingerprint density at radius 1 is 1.44 bits per heavy atom. The summed E-state index contributed by atoms with van der Waals surface area (Å²) in [5.41, 5.74) is 0.548. The van der Waals surface area contributed by atoms with Crippen LogP contribution in [-0.4, -0.2) is 13.1 Å². The minimum absolute atomic E-state index is 0.157. The smallest absolute Gasteiger partial charge is 0.126 e. The molecule has 96 valence electrons. The maximum atomic E-state index is 13.5. The number of hydrogen-bond acceptors (Lipinski definition) is 2. The van der Waals surface area contributed by atoms with Crippen LogP contribution < -0.4 is 5.32 Å². The van der Waals surface area contributed by atoms with Crippen LogP contribution in [0.1, 0.15) is 24.8 Å². The second-order valence-corrected chi connectivity index (χ2v) is 5.82. The van der Waals surface area contributed by atoms with Crippen molar-refractivity contribution < 1.29 is 4.39 Å². The van der Waals surface area contributed by atoms with Crippen LogP contribution >= 0.6 is 15.9 Å². The Hall–Kier alpha value is -0.920. The fourth-order valence-electron chi connectivity index (χ4n) is 2.22. The quantitative estimate of drug-likeness (QED) is 0.846. The van der Waals surface area contributed by atoms with E-state index in [2.05, 4.69) is 27.3 Å². The second-order valence-electron chi connectivity index (χ2n) is 4.91. The van der Waals surface area contributed by atoms with Crippen LogP contribution in [0, 0.1) is 22.6 Å². The fraction of sp³-hybridized carbons (Fsp3) is 0.500. The van der Waals surface area contributed by atoms with Crippen LogP contribution in [0.25, 0.3) is 0 Å². The third-order valence-corrected chi connectivity index (χ3v) is 4.08. The van der Waals surface area contributed by atoms with Gasteiger partial charge in [0.25, 0.3) is 0 Å². The van der Waals surface area contributed by atoms with Gasteiger partial charge >= 0.3 is 0 Å². The minimum atomic E-state index is -0.168. The van der Waals surface area contributed by atoms with Crippen molar-refractivity contribution in [2.75, 3.05) is 13.1 Å². The molecule has 1 aromatic rings. The monoisotopic (exact) mass is 310 g/mol. The van der Waals surface area contributed by atoms with Gasteiger partial charge in [-0.3, -0.25) is 0 Å². The Labute approximate surface area is 115 Å². The van der Waals surface area contributed by atoms with E-state index >= 15 is 0 Å². The summed E-state index contributed by atoms with van der Waals surface area (Å²) >= 11 is 3.34. The largest absolute Gasteiger partial charge is 0.315 e. The van der Waals surface area contributed by atoms with Gasteiger partial charge in [0, 0.05) is 11.0 Å². The third kappa shape index (κ3) is 3.09. The summed E-state index contributed by atoms with van der Waals surface area (Å²) in [6.45, 7) is 1.43. The van der Waals surface area contributed by atoms with Crippen molar-refractivity contribution in [1.82, 2.24) is 5.32 Å². The van der Waals surface area contributed by atoms with E-state index in [1.165, 1.54) is 6.07 Å². The van der Waals surface area contributed by atoms with Gasteiger partial charge in [-0.2, -0.15) is 5.26 Å². The van der Waals surface area contributed by atoms with Gasteiger partial charge in [-0.1, -0.05) is 22.4 Å². The average molecular weight is 311 g/mol. The predicted octanol–water partition coefficient (Wildman–Crippen LogP) is 3.41. The number of benzene rings is 1. The van der Waals surface area contributed by atoms with Crippen LogP contribution in [0.15, 0.2) is 22.7 Å². The van der Waals surface area contributed by atoms with Gasteiger partial charge in [0.15, 0.2) is 0 Å². The van der Waals surface area contributed by atoms with Crippen LogP contribution in [0.4, 0.5) is 4.39 Å². The van der Waals surface area contributed by atoms with Gasteiger partial charge in [0.05, 0.1) is 11.5 Å². The second kappa shape index (κ2) is 5.81. The molecule has 0 aliphatic heterocycles. The average Bonchev–Trinajstić information content (AvgIpc) is 2.31. The molecule has 18 heavy (non-hydrogen) atoms. The molecule has 0 heterocycles.